The highest BCUT2D eigenvalue weighted by Crippen LogP contribution is 2.06. The first-order valence-electron chi connectivity index (χ1n) is 11.5. The van der Waals surface area contributed by atoms with Crippen LogP contribution in [0.1, 0.15) is 32.1 Å². The van der Waals surface area contributed by atoms with E-state index in [2.05, 4.69) is 25.9 Å². The Hall–Kier alpha value is -3.31. The number of hydrogen-bond acceptors (Lipinski definition) is 9. The molecule has 0 aliphatic carbocycles. The fourth-order valence-corrected chi connectivity index (χ4v) is 3.42. The Bertz CT molecular complexity index is 804. The lowest BCUT2D eigenvalue weighted by molar-refractivity contribution is -0.142. The molecule has 0 saturated carbocycles. The molecule has 15 N–H and O–H groups in total. The van der Waals surface area contributed by atoms with E-state index >= 15 is 0 Å². The molecule has 4 unspecified atom stereocenters. The molecule has 0 rings (SSSR count). The number of carboxylic acid groups (broad SMARTS) is 1. The number of aliphatic hydroxyl groups is 1. The lowest BCUT2D eigenvalue weighted by Gasteiger charge is -2.25. The highest BCUT2D eigenvalue weighted by molar-refractivity contribution is 7.98. The lowest BCUT2D eigenvalue weighted by Crippen LogP contribution is -2.57. The molecule has 16 nitrogen and oxygen atoms in total. The van der Waals surface area contributed by atoms with Crippen molar-refractivity contribution in [2.45, 2.75) is 56.3 Å². The zero-order valence-electron chi connectivity index (χ0n) is 20.9. The molecule has 0 bridgehead atoms. The van der Waals surface area contributed by atoms with Crippen molar-refractivity contribution in [2.75, 3.05) is 31.7 Å². The van der Waals surface area contributed by atoms with Crippen molar-refractivity contribution in [1.29, 1.82) is 0 Å². The second-order valence-electron chi connectivity index (χ2n) is 7.99. The molecule has 0 heterocycles. The van der Waals surface area contributed by atoms with Crippen molar-refractivity contribution in [1.82, 2.24) is 16.0 Å². The third-order valence-corrected chi connectivity index (χ3v) is 5.56. The summed E-state index contributed by atoms with van der Waals surface area (Å²) in [6.45, 7) is -0.302. The van der Waals surface area contributed by atoms with Gasteiger partial charge in [0.1, 0.15) is 24.2 Å². The molecule has 0 saturated heterocycles. The zero-order chi connectivity index (χ0) is 28.4. The van der Waals surface area contributed by atoms with Crippen LogP contribution in [0, 0.1) is 0 Å². The monoisotopic (exact) mass is 548 g/mol. The Labute approximate surface area is 219 Å². The summed E-state index contributed by atoms with van der Waals surface area (Å²) in [5.41, 5.74) is 26.8. The normalized spacial score (nSPS) is 13.8. The molecule has 4 atom stereocenters. The minimum Gasteiger partial charge on any atom is -0.480 e. The Balaban J connectivity index is 5.64. The van der Waals surface area contributed by atoms with Gasteiger partial charge in [0.15, 0.2) is 11.9 Å². The molecule has 0 spiro atoms. The molecule has 0 aliphatic heterocycles. The molecule has 0 aromatic carbocycles. The molecule has 3 amide bonds. The molecule has 0 fully saturated rings. The van der Waals surface area contributed by atoms with E-state index in [0.29, 0.717) is 12.2 Å². The predicted octanol–water partition coefficient (Wildman–Crippen LogP) is -4.29. The van der Waals surface area contributed by atoms with E-state index in [9.17, 15) is 24.3 Å². The maximum atomic E-state index is 13.1. The van der Waals surface area contributed by atoms with Gasteiger partial charge in [0, 0.05) is 13.1 Å². The van der Waals surface area contributed by atoms with Crippen LogP contribution in [0.15, 0.2) is 9.98 Å². The number of amides is 3. The molecule has 37 heavy (non-hydrogen) atoms. The Kier molecular flexibility index (Phi) is 17.2. The quantitative estimate of drug-likeness (QED) is 0.0416. The van der Waals surface area contributed by atoms with Gasteiger partial charge in [-0.3, -0.25) is 24.4 Å². The van der Waals surface area contributed by atoms with Crippen molar-refractivity contribution < 1.29 is 29.4 Å². The number of aliphatic carboxylic acids is 1. The van der Waals surface area contributed by atoms with Crippen LogP contribution in [-0.4, -0.2) is 102 Å². The number of aliphatic hydroxyl groups excluding tert-OH is 1. The molecular weight excluding hydrogens is 508 g/mol. The van der Waals surface area contributed by atoms with E-state index in [1.807, 2.05) is 0 Å². The van der Waals surface area contributed by atoms with Crippen molar-refractivity contribution in [2.24, 2.45) is 38.7 Å². The number of carbonyl (C=O) groups excluding carboxylic acids is 3. The van der Waals surface area contributed by atoms with Crippen molar-refractivity contribution in [3.63, 3.8) is 0 Å². The zero-order valence-corrected chi connectivity index (χ0v) is 21.7. The van der Waals surface area contributed by atoms with Gasteiger partial charge < -0.3 is 54.8 Å². The number of aliphatic imine (C=N–C) groups is 2. The molecule has 0 aromatic rings. The second kappa shape index (κ2) is 18.9. The van der Waals surface area contributed by atoms with E-state index in [4.69, 9.17) is 33.8 Å². The lowest BCUT2D eigenvalue weighted by atomic mass is 10.1. The predicted molar refractivity (Wildman–Crippen MR) is 141 cm³/mol. The van der Waals surface area contributed by atoms with Gasteiger partial charge in [0.05, 0.1) is 6.61 Å². The summed E-state index contributed by atoms with van der Waals surface area (Å²) in [7, 11) is 0. The van der Waals surface area contributed by atoms with Gasteiger partial charge in [-0.1, -0.05) is 0 Å². The fourth-order valence-electron chi connectivity index (χ4n) is 2.94. The summed E-state index contributed by atoms with van der Waals surface area (Å²) >= 11 is 1.42. The van der Waals surface area contributed by atoms with Crippen molar-refractivity contribution in [3.05, 3.63) is 0 Å². The first-order chi connectivity index (χ1) is 17.4. The molecule has 0 aromatic heterocycles. The van der Waals surface area contributed by atoms with Gasteiger partial charge in [-0.25, -0.2) is 4.79 Å². The van der Waals surface area contributed by atoms with E-state index in [1.165, 1.54) is 11.8 Å². The number of hydrogen-bond donors (Lipinski definition) is 10. The maximum Gasteiger partial charge on any atom is 0.326 e. The Morgan fingerprint density at radius 2 is 1.22 bits per heavy atom. The molecule has 0 radical (unpaired) electrons. The smallest absolute Gasteiger partial charge is 0.326 e. The average Bonchev–Trinajstić information content (AvgIpc) is 2.83. The van der Waals surface area contributed by atoms with Crippen LogP contribution in [0.5, 0.6) is 0 Å². The van der Waals surface area contributed by atoms with E-state index in [-0.39, 0.29) is 50.7 Å². The first kappa shape index (κ1) is 33.7. The second-order valence-corrected chi connectivity index (χ2v) is 8.98. The van der Waals surface area contributed by atoms with Gasteiger partial charge >= 0.3 is 5.97 Å². The topological polar surface area (TPSA) is 300 Å². The summed E-state index contributed by atoms with van der Waals surface area (Å²) < 4.78 is 0. The largest absolute Gasteiger partial charge is 0.480 e. The highest BCUT2D eigenvalue weighted by Gasteiger charge is 2.29. The van der Waals surface area contributed by atoms with Crippen LogP contribution in [0.4, 0.5) is 0 Å². The van der Waals surface area contributed by atoms with Crippen LogP contribution in [0.25, 0.3) is 0 Å². The summed E-state index contributed by atoms with van der Waals surface area (Å²) in [5.74, 6) is -3.22. The first-order valence-corrected chi connectivity index (χ1v) is 12.9. The van der Waals surface area contributed by atoms with Crippen molar-refractivity contribution >= 4 is 47.4 Å². The fraction of sp³-hybridized carbons (Fsp3) is 0.700. The van der Waals surface area contributed by atoms with E-state index in [1.54, 1.807) is 6.26 Å². The van der Waals surface area contributed by atoms with Gasteiger partial charge in [-0.2, -0.15) is 11.8 Å². The number of nitrogens with one attached hydrogen (secondary N) is 3. The van der Waals surface area contributed by atoms with Crippen LogP contribution in [0.2, 0.25) is 0 Å². The van der Waals surface area contributed by atoms with Crippen molar-refractivity contribution in [3.8, 4) is 0 Å². The molecule has 212 valence electrons. The van der Waals surface area contributed by atoms with E-state index < -0.39 is 54.5 Å². The van der Waals surface area contributed by atoms with Gasteiger partial charge in [-0.05, 0) is 44.1 Å². The molecular formula is C20H40N10O6S. The SMILES string of the molecule is CSCCC(NC(=O)C(CCCN=C(N)N)NC(=O)C(CCCN=C(N)N)NC(=O)C(N)CO)C(=O)O. The average molecular weight is 549 g/mol. The summed E-state index contributed by atoms with van der Waals surface area (Å²) in [5, 5.41) is 26.0. The van der Waals surface area contributed by atoms with Crippen LogP contribution >= 0.6 is 11.8 Å². The maximum absolute atomic E-state index is 13.1. The number of carbonyl (C=O) groups is 4. The molecule has 0 aliphatic rings. The highest BCUT2D eigenvalue weighted by atomic mass is 32.2. The summed E-state index contributed by atoms with van der Waals surface area (Å²) in [4.78, 5) is 57.5. The van der Waals surface area contributed by atoms with Gasteiger partial charge in [0.25, 0.3) is 0 Å². The summed E-state index contributed by atoms with van der Waals surface area (Å²) in [6.07, 6.45) is 2.73. The number of thioether (sulfide) groups is 1. The van der Waals surface area contributed by atoms with E-state index in [0.717, 1.165) is 0 Å². The third-order valence-electron chi connectivity index (χ3n) is 4.92. The Morgan fingerprint density at radius 3 is 1.59 bits per heavy atom. The van der Waals surface area contributed by atoms with Crippen LogP contribution in [-0.2, 0) is 19.2 Å². The number of guanidine groups is 2. The number of carboxylic acids is 1. The summed E-state index contributed by atoms with van der Waals surface area (Å²) in [6, 6.07) is -4.71. The number of nitrogens with two attached hydrogens (primary N) is 5. The van der Waals surface area contributed by atoms with Crippen LogP contribution < -0.4 is 44.6 Å². The van der Waals surface area contributed by atoms with Gasteiger partial charge in [-0.15, -0.1) is 0 Å². The molecule has 17 heteroatoms. The number of nitrogens with zero attached hydrogens (tertiary/aromatic N) is 2. The minimum atomic E-state index is -1.26. The number of rotatable bonds is 19. The standard InChI is InChI=1S/C20H40N10O6S/c1-37-9-6-14(18(35)36)30-17(34)13(5-3-8-27-20(24)25)29-16(33)12(4-2-7-26-19(22)23)28-15(32)11(21)10-31/h11-14,31H,2-10,21H2,1H3,(H,28,32)(H,29,33)(H,30,34)(H,35,36)(H4,22,23,26)(H4,24,25,27). The van der Waals surface area contributed by atoms with Gasteiger partial charge in [0.2, 0.25) is 17.7 Å². The third kappa shape index (κ3) is 15.4. The minimum absolute atomic E-state index is 0.0774. The van der Waals surface area contributed by atoms with Crippen LogP contribution in [0.3, 0.4) is 0 Å². The Morgan fingerprint density at radius 1 is 0.784 bits per heavy atom.